The van der Waals surface area contributed by atoms with Gasteiger partial charge >= 0.3 is 11.8 Å². The molecule has 0 aromatic carbocycles. The Morgan fingerprint density at radius 2 is 1.46 bits per heavy atom. The third kappa shape index (κ3) is 11.8. The molecule has 2 rings (SSSR count). The highest BCUT2D eigenvalue weighted by Crippen LogP contribution is 2.20. The highest BCUT2D eigenvalue weighted by Gasteiger charge is 2.23. The van der Waals surface area contributed by atoms with Crippen molar-refractivity contribution < 1.29 is 19.0 Å². The molecule has 8 heteroatoms. The molecule has 35 heavy (non-hydrogen) atoms. The van der Waals surface area contributed by atoms with E-state index in [0.29, 0.717) is 12.2 Å². The van der Waals surface area contributed by atoms with Crippen LogP contribution in [0.2, 0.25) is 0 Å². The van der Waals surface area contributed by atoms with E-state index in [2.05, 4.69) is 11.9 Å². The fourth-order valence-corrected chi connectivity index (χ4v) is 4.16. The Morgan fingerprint density at radius 1 is 0.886 bits per heavy atom. The quantitative estimate of drug-likeness (QED) is 0.155. The maximum atomic E-state index is 12.0. The van der Waals surface area contributed by atoms with Crippen LogP contribution in [0.4, 0.5) is 4.79 Å². The van der Waals surface area contributed by atoms with Crippen molar-refractivity contribution in [2.75, 3.05) is 13.2 Å². The number of hydrogen-bond acceptors (Lipinski definition) is 6. The fourth-order valence-electron chi connectivity index (χ4n) is 4.16. The summed E-state index contributed by atoms with van der Waals surface area (Å²) in [4.78, 5) is 37.5. The third-order valence-electron chi connectivity index (χ3n) is 6.31. The van der Waals surface area contributed by atoms with Crippen molar-refractivity contribution >= 4 is 6.16 Å². The maximum Gasteiger partial charge on any atom is 0.508 e. The van der Waals surface area contributed by atoms with Gasteiger partial charge in [-0.1, -0.05) is 96.5 Å². The van der Waals surface area contributed by atoms with Gasteiger partial charge in [-0.2, -0.15) is 0 Å². The number of carbonyl (C=O) groups excluding carboxylic acids is 1. The molecule has 1 aliphatic rings. The van der Waals surface area contributed by atoms with E-state index >= 15 is 0 Å². The number of aryl methyl sites for hydroxylation is 1. The van der Waals surface area contributed by atoms with Gasteiger partial charge in [0.2, 0.25) is 0 Å². The van der Waals surface area contributed by atoms with Crippen LogP contribution < -0.4 is 11.2 Å². The van der Waals surface area contributed by atoms with Crippen molar-refractivity contribution in [1.82, 2.24) is 9.55 Å². The zero-order chi connectivity index (χ0) is 25.3. The number of carbonyl (C=O) groups is 1. The second-order valence-corrected chi connectivity index (χ2v) is 9.43. The van der Waals surface area contributed by atoms with Crippen molar-refractivity contribution in [2.45, 2.75) is 116 Å². The van der Waals surface area contributed by atoms with E-state index in [9.17, 15) is 14.4 Å². The first-order chi connectivity index (χ1) is 17.0. The number of ether oxygens (including phenoxy) is 3. The molecule has 198 valence electrons. The van der Waals surface area contributed by atoms with Gasteiger partial charge in [0.25, 0.3) is 5.56 Å². The zero-order valence-electron chi connectivity index (χ0n) is 21.6. The van der Waals surface area contributed by atoms with Crippen molar-refractivity contribution in [1.29, 1.82) is 0 Å². The average molecular weight is 493 g/mol. The van der Waals surface area contributed by atoms with E-state index in [4.69, 9.17) is 14.2 Å². The van der Waals surface area contributed by atoms with E-state index in [1.807, 2.05) is 0 Å². The molecule has 0 saturated heterocycles. The predicted molar refractivity (Wildman–Crippen MR) is 137 cm³/mol. The van der Waals surface area contributed by atoms with Gasteiger partial charge in [0.15, 0.2) is 6.23 Å². The van der Waals surface area contributed by atoms with Crippen LogP contribution in [0.1, 0.15) is 109 Å². The smallest absolute Gasteiger partial charge is 0.434 e. The zero-order valence-corrected chi connectivity index (χ0v) is 21.6. The number of H-pyrrole nitrogens is 1. The first-order valence-electron chi connectivity index (χ1n) is 13.5. The van der Waals surface area contributed by atoms with Crippen LogP contribution >= 0.6 is 0 Å². The summed E-state index contributed by atoms with van der Waals surface area (Å²) in [6.07, 6.45) is 20.9. The molecular weight excluding hydrogens is 448 g/mol. The molecule has 8 nitrogen and oxygen atoms in total. The second-order valence-electron chi connectivity index (χ2n) is 9.43. The SMILES string of the molecule is CCCCCCCCCCCCCCCCOC(=O)OC[C@@H]1C=C[C@H](n2cc(C)c(=O)[nH]c2=O)O1. The normalized spacial score (nSPS) is 17.1. The lowest BCUT2D eigenvalue weighted by Crippen LogP contribution is -2.33. The molecular formula is C27H44N2O6. The number of rotatable bonds is 18. The van der Waals surface area contributed by atoms with Crippen molar-refractivity contribution in [3.05, 3.63) is 44.8 Å². The second kappa shape index (κ2) is 17.1. The van der Waals surface area contributed by atoms with E-state index < -0.39 is 29.7 Å². The highest BCUT2D eigenvalue weighted by molar-refractivity contribution is 5.59. The molecule has 2 heterocycles. The van der Waals surface area contributed by atoms with Crippen molar-refractivity contribution in [3.63, 3.8) is 0 Å². The van der Waals surface area contributed by atoms with Crippen molar-refractivity contribution in [2.24, 2.45) is 0 Å². The number of aromatic nitrogens is 2. The number of aromatic amines is 1. The number of nitrogens with one attached hydrogen (secondary N) is 1. The topological polar surface area (TPSA) is 99.6 Å². The van der Waals surface area contributed by atoms with Gasteiger partial charge in [-0.25, -0.2) is 9.59 Å². The monoisotopic (exact) mass is 492 g/mol. The van der Waals surface area contributed by atoms with Crippen LogP contribution in [-0.4, -0.2) is 35.0 Å². The molecule has 0 radical (unpaired) electrons. The molecule has 0 aliphatic carbocycles. The van der Waals surface area contributed by atoms with Gasteiger partial charge in [0, 0.05) is 11.8 Å². The summed E-state index contributed by atoms with van der Waals surface area (Å²) in [6.45, 7) is 4.23. The van der Waals surface area contributed by atoms with Crippen LogP contribution in [0.3, 0.4) is 0 Å². The highest BCUT2D eigenvalue weighted by atomic mass is 16.7. The molecule has 2 atom stereocenters. The molecule has 1 aromatic heterocycles. The average Bonchev–Trinajstić information content (AvgIpc) is 3.31. The van der Waals surface area contributed by atoms with E-state index in [0.717, 1.165) is 12.8 Å². The Bertz CT molecular complexity index is 875. The standard InChI is InChI=1S/C27H44N2O6/c1-3-4-5-6-7-8-9-10-11-12-13-14-15-16-19-33-27(32)34-21-23-17-18-24(35-23)29-20-22(2)25(30)28-26(29)31/h17-18,20,23-24H,3-16,19,21H2,1-2H3,(H,28,30,31)/t23-,24+/m0/s1. The Balaban J connectivity index is 1.42. The summed E-state index contributed by atoms with van der Waals surface area (Å²) >= 11 is 0. The first-order valence-corrected chi connectivity index (χ1v) is 13.5. The molecule has 0 fully saturated rings. The van der Waals surface area contributed by atoms with Crippen LogP contribution in [0.15, 0.2) is 27.9 Å². The molecule has 0 spiro atoms. The minimum absolute atomic E-state index is 0.00165. The molecule has 0 bridgehead atoms. The first kappa shape index (κ1) is 28.9. The summed E-state index contributed by atoms with van der Waals surface area (Å²) in [5.41, 5.74) is -0.563. The van der Waals surface area contributed by atoms with Crippen LogP contribution in [-0.2, 0) is 14.2 Å². The molecule has 1 aliphatic heterocycles. The van der Waals surface area contributed by atoms with Gasteiger partial charge in [0.1, 0.15) is 12.7 Å². The lowest BCUT2D eigenvalue weighted by molar-refractivity contribution is -0.0289. The van der Waals surface area contributed by atoms with Crippen molar-refractivity contribution in [3.8, 4) is 0 Å². The van der Waals surface area contributed by atoms with Gasteiger partial charge in [-0.05, 0) is 19.4 Å². The molecule has 1 N–H and O–H groups in total. The fraction of sp³-hybridized carbons (Fsp3) is 0.741. The molecule has 0 unspecified atom stereocenters. The summed E-state index contributed by atoms with van der Waals surface area (Å²) in [7, 11) is 0. The molecule has 1 aromatic rings. The summed E-state index contributed by atoms with van der Waals surface area (Å²) < 4.78 is 17.2. The summed E-state index contributed by atoms with van der Waals surface area (Å²) in [5.74, 6) is 0. The minimum Gasteiger partial charge on any atom is -0.434 e. The van der Waals surface area contributed by atoms with Gasteiger partial charge in [-0.15, -0.1) is 0 Å². The van der Waals surface area contributed by atoms with Gasteiger partial charge in [-0.3, -0.25) is 14.3 Å². The maximum absolute atomic E-state index is 12.0. The lowest BCUT2D eigenvalue weighted by Gasteiger charge is -2.16. The van der Waals surface area contributed by atoms with E-state index in [1.54, 1.807) is 19.1 Å². The Kier molecular flexibility index (Phi) is 14.1. The Labute approximate surface area is 209 Å². The summed E-state index contributed by atoms with van der Waals surface area (Å²) in [5, 5.41) is 0. The summed E-state index contributed by atoms with van der Waals surface area (Å²) in [6, 6.07) is 0. The van der Waals surface area contributed by atoms with Crippen LogP contribution in [0.25, 0.3) is 0 Å². The van der Waals surface area contributed by atoms with E-state index in [-0.39, 0.29) is 6.61 Å². The van der Waals surface area contributed by atoms with Gasteiger partial charge in [0.05, 0.1) is 6.61 Å². The Morgan fingerprint density at radius 3 is 2.06 bits per heavy atom. The predicted octanol–water partition coefficient (Wildman–Crippen LogP) is 5.93. The number of unbranched alkanes of at least 4 members (excludes halogenated alkanes) is 13. The minimum atomic E-state index is -0.711. The molecule has 0 amide bonds. The van der Waals surface area contributed by atoms with E-state index in [1.165, 1.54) is 87.8 Å². The molecule has 0 saturated carbocycles. The lowest BCUT2D eigenvalue weighted by atomic mass is 10.0. The van der Waals surface area contributed by atoms with Crippen LogP contribution in [0.5, 0.6) is 0 Å². The number of nitrogens with zero attached hydrogens (tertiary/aromatic N) is 1. The largest absolute Gasteiger partial charge is 0.508 e. The third-order valence-corrected chi connectivity index (χ3v) is 6.31. The van der Waals surface area contributed by atoms with Gasteiger partial charge < -0.3 is 14.2 Å². The Hall–Kier alpha value is -2.35. The number of hydrogen-bond donors (Lipinski definition) is 1. The van der Waals surface area contributed by atoms with Crippen LogP contribution in [0, 0.1) is 6.92 Å².